The Labute approximate surface area is 190 Å². The summed E-state index contributed by atoms with van der Waals surface area (Å²) in [4.78, 5) is 12.7. The van der Waals surface area contributed by atoms with Crippen LogP contribution in [0.2, 0.25) is 0 Å². The van der Waals surface area contributed by atoms with E-state index in [1.54, 1.807) is 0 Å². The Bertz CT molecular complexity index is 1330. The second kappa shape index (κ2) is 8.55. The lowest BCUT2D eigenvalue weighted by Crippen LogP contribution is -2.29. The first-order valence-corrected chi connectivity index (χ1v) is 9.85. The van der Waals surface area contributed by atoms with E-state index in [1.165, 1.54) is 10.8 Å². The van der Waals surface area contributed by atoms with Crippen LogP contribution in [0.4, 0.5) is 30.8 Å². The molecule has 1 aromatic carbocycles. The predicted octanol–water partition coefficient (Wildman–Crippen LogP) is 3.66. The molecule has 5 rings (SSSR count). The van der Waals surface area contributed by atoms with Gasteiger partial charge in [0.05, 0.1) is 24.9 Å². The molecule has 1 aliphatic carbocycles. The Morgan fingerprint density at radius 3 is 2.59 bits per heavy atom. The number of benzene rings is 1. The molecule has 2 aromatic heterocycles. The lowest BCUT2D eigenvalue weighted by Gasteiger charge is -2.26. The number of halogens is 3. The highest BCUT2D eigenvalue weighted by Crippen LogP contribution is 2.32. The molecule has 32 heavy (non-hydrogen) atoms. The maximum atomic E-state index is 14.4. The monoisotopic (exact) mass is 454 g/mol. The van der Waals surface area contributed by atoms with Gasteiger partial charge in [-0.25, -0.2) is 23.1 Å². The molecule has 3 heterocycles. The van der Waals surface area contributed by atoms with Gasteiger partial charge >= 0.3 is 0 Å². The highest BCUT2D eigenvalue weighted by molar-refractivity contribution is 5.76. The second-order valence-corrected chi connectivity index (χ2v) is 7.33. The second-order valence-electron chi connectivity index (χ2n) is 7.33. The number of nitrogens with zero attached hydrogens (tertiary/aromatic N) is 4. The average Bonchev–Trinajstić information content (AvgIpc) is 3.49. The molecule has 0 radical (unpaired) electrons. The van der Waals surface area contributed by atoms with Crippen molar-refractivity contribution in [2.45, 2.75) is 50.1 Å². The molecule has 2 aliphatic rings. The van der Waals surface area contributed by atoms with Gasteiger partial charge < -0.3 is 20.5 Å². The molecule has 3 atom stereocenters. The minimum Gasteiger partial charge on any atom is -0.393 e. The van der Waals surface area contributed by atoms with Crippen molar-refractivity contribution >= 4 is 28.7 Å². The fraction of sp³-hybridized carbons (Fsp3) is 0.476. The van der Waals surface area contributed by atoms with Crippen LogP contribution in [-0.2, 0) is 4.74 Å². The van der Waals surface area contributed by atoms with Crippen molar-refractivity contribution < 1.29 is 31.2 Å². The lowest BCUT2D eigenvalue weighted by molar-refractivity contribution is 0.126. The van der Waals surface area contributed by atoms with Crippen molar-refractivity contribution in [2.75, 3.05) is 23.8 Å². The molecule has 2 fully saturated rings. The van der Waals surface area contributed by atoms with Crippen molar-refractivity contribution in [3.8, 4) is 0 Å². The van der Waals surface area contributed by atoms with Crippen molar-refractivity contribution in [3.63, 3.8) is 0 Å². The van der Waals surface area contributed by atoms with E-state index in [4.69, 9.17) is 13.0 Å². The molecular weight excluding hydrogens is 425 g/mol. The van der Waals surface area contributed by atoms with Gasteiger partial charge in [-0.05, 0) is 32.0 Å². The molecule has 1 saturated heterocycles. The van der Waals surface area contributed by atoms with E-state index in [0.717, 1.165) is 0 Å². The van der Waals surface area contributed by atoms with Crippen LogP contribution in [0.15, 0.2) is 18.3 Å². The zero-order chi connectivity index (χ0) is 27.6. The Hall–Kier alpha value is -2.92. The summed E-state index contributed by atoms with van der Waals surface area (Å²) in [6, 6.07) is -1.12. The largest absolute Gasteiger partial charge is 0.393 e. The van der Waals surface area contributed by atoms with E-state index in [1.807, 2.05) is 0 Å². The van der Waals surface area contributed by atoms with Crippen LogP contribution in [0.25, 0.3) is 11.2 Å². The van der Waals surface area contributed by atoms with E-state index in [0.29, 0.717) is 25.2 Å². The van der Waals surface area contributed by atoms with Gasteiger partial charge in [0.2, 0.25) is 11.9 Å². The Morgan fingerprint density at radius 1 is 1.16 bits per heavy atom. The number of fused-ring (bicyclic) bond motifs is 1. The molecule has 3 N–H and O–H groups in total. The number of hydrogen-bond acceptors (Lipinski definition) is 7. The van der Waals surface area contributed by atoms with E-state index < -0.39 is 60.8 Å². The molecule has 0 bridgehead atoms. The number of imidazole rings is 1. The molecule has 11 heteroatoms. The van der Waals surface area contributed by atoms with E-state index >= 15 is 0 Å². The van der Waals surface area contributed by atoms with Crippen LogP contribution in [-0.4, -0.2) is 50.0 Å². The number of anilines is 3. The number of rotatable bonds is 5. The molecular formula is C21H23F3N6O2. The van der Waals surface area contributed by atoms with Crippen LogP contribution in [0.5, 0.6) is 0 Å². The Morgan fingerprint density at radius 2 is 1.91 bits per heavy atom. The minimum atomic E-state index is -2.61. The van der Waals surface area contributed by atoms with Crippen LogP contribution in [0.3, 0.4) is 0 Å². The Kier molecular flexibility index (Phi) is 4.01. The van der Waals surface area contributed by atoms with E-state index in [9.17, 15) is 18.3 Å². The maximum absolute atomic E-state index is 14.4. The summed E-state index contributed by atoms with van der Waals surface area (Å²) in [6.07, 6.45) is -8.97. The summed E-state index contributed by atoms with van der Waals surface area (Å²) in [7, 11) is 0. The Balaban J connectivity index is 1.56. The van der Waals surface area contributed by atoms with Crippen molar-refractivity contribution in [3.05, 3.63) is 35.8 Å². The number of hydrogen-bond donors (Lipinski definition) is 3. The number of aliphatic hydroxyl groups is 1. The van der Waals surface area contributed by atoms with Crippen molar-refractivity contribution in [1.29, 1.82) is 0 Å². The summed E-state index contributed by atoms with van der Waals surface area (Å²) < 4.78 is 98.2. The predicted molar refractivity (Wildman–Crippen MR) is 111 cm³/mol. The fourth-order valence-corrected chi connectivity index (χ4v) is 3.59. The fourth-order valence-electron chi connectivity index (χ4n) is 3.59. The smallest absolute Gasteiger partial charge is 0.224 e. The quantitative estimate of drug-likeness (QED) is 0.541. The molecule has 0 spiro atoms. The molecule has 170 valence electrons. The zero-order valence-electron chi connectivity index (χ0n) is 22.5. The standard InChI is InChI=1S/C21H23F3N6O2/c22-11-7-15(23)18(16(24)8-11)28-21-27-17-9-25-20(26-12-1-3-14(31)4-2-12)29-19(17)30(21)13-5-6-32-10-13/h7-9,12-14,31H,1-6,10H2,(H,27,28)(H,25,26,29)/i1D2,2D2,3D,4D. The lowest BCUT2D eigenvalue weighted by atomic mass is 9.93. The first kappa shape index (κ1) is 15.0. The molecule has 1 saturated carbocycles. The van der Waals surface area contributed by atoms with Crippen LogP contribution >= 0.6 is 0 Å². The minimum absolute atomic E-state index is 0.0461. The van der Waals surface area contributed by atoms with Gasteiger partial charge in [0.25, 0.3) is 0 Å². The van der Waals surface area contributed by atoms with Crippen molar-refractivity contribution in [1.82, 2.24) is 19.5 Å². The third kappa shape index (κ3) is 4.09. The zero-order valence-corrected chi connectivity index (χ0v) is 16.5. The van der Waals surface area contributed by atoms with Gasteiger partial charge in [-0.2, -0.15) is 4.98 Å². The first-order valence-electron chi connectivity index (χ1n) is 13.0. The SMILES string of the molecule is [2H]C1C(O)C([2H])C([2H])([2H])C(Nc2ncc3nc(Nc4c(F)cc(F)cc4F)n(C4CCOC4)c3n2)C1([2H])[2H]. The third-order valence-electron chi connectivity index (χ3n) is 5.09. The summed E-state index contributed by atoms with van der Waals surface area (Å²) >= 11 is 0. The third-order valence-corrected chi connectivity index (χ3v) is 5.09. The summed E-state index contributed by atoms with van der Waals surface area (Å²) in [5.41, 5.74) is -0.321. The van der Waals surface area contributed by atoms with E-state index in [2.05, 4.69) is 25.6 Å². The van der Waals surface area contributed by atoms with Crippen molar-refractivity contribution in [2.24, 2.45) is 0 Å². The van der Waals surface area contributed by atoms with Crippen LogP contribution < -0.4 is 10.6 Å². The molecule has 3 unspecified atom stereocenters. The van der Waals surface area contributed by atoms with Gasteiger partial charge in [0, 0.05) is 33.0 Å². The number of nitrogens with one attached hydrogen (secondary N) is 2. The van der Waals surface area contributed by atoms with Crippen LogP contribution in [0, 0.1) is 17.5 Å². The van der Waals surface area contributed by atoms with Gasteiger partial charge in [-0.3, -0.25) is 4.57 Å². The molecule has 3 aromatic rings. The number of aromatic nitrogens is 4. The van der Waals surface area contributed by atoms with Crippen LogP contribution in [0.1, 0.15) is 46.2 Å². The topological polar surface area (TPSA) is 97.1 Å². The van der Waals surface area contributed by atoms with E-state index in [-0.39, 0.29) is 35.7 Å². The number of ether oxygens (including phenoxy) is 1. The first-order chi connectivity index (χ1) is 17.8. The van der Waals surface area contributed by atoms with Gasteiger partial charge in [0.15, 0.2) is 17.3 Å². The highest BCUT2D eigenvalue weighted by atomic mass is 19.1. The molecule has 1 aliphatic heterocycles. The summed E-state index contributed by atoms with van der Waals surface area (Å²) in [5.74, 6) is -3.76. The molecule has 8 nitrogen and oxygen atoms in total. The van der Waals surface area contributed by atoms with Gasteiger partial charge in [0.1, 0.15) is 17.0 Å². The van der Waals surface area contributed by atoms with Gasteiger partial charge in [-0.15, -0.1) is 0 Å². The number of aliphatic hydroxyl groups excluding tert-OH is 1. The average molecular weight is 454 g/mol. The summed E-state index contributed by atoms with van der Waals surface area (Å²) in [6.45, 7) is 0.605. The maximum Gasteiger partial charge on any atom is 0.224 e. The summed E-state index contributed by atoms with van der Waals surface area (Å²) in [5, 5.41) is 15.2. The highest BCUT2D eigenvalue weighted by Gasteiger charge is 2.27. The van der Waals surface area contributed by atoms with Gasteiger partial charge in [-0.1, -0.05) is 0 Å². The normalized spacial score (nSPS) is 34.1. The molecule has 0 amide bonds.